The van der Waals surface area contributed by atoms with Gasteiger partial charge in [-0.25, -0.2) is 4.79 Å². The van der Waals surface area contributed by atoms with Crippen molar-refractivity contribution in [1.82, 2.24) is 10.6 Å². The molecule has 88 valence electrons. The predicted molar refractivity (Wildman–Crippen MR) is 58.0 cm³/mol. The van der Waals surface area contributed by atoms with Crippen LogP contribution in [0.15, 0.2) is 16.5 Å². The summed E-state index contributed by atoms with van der Waals surface area (Å²) in [5.41, 5.74) is 0. The van der Waals surface area contributed by atoms with Crippen LogP contribution in [-0.4, -0.2) is 26.3 Å². The van der Waals surface area contributed by atoms with Gasteiger partial charge in [0.1, 0.15) is 11.5 Å². The van der Waals surface area contributed by atoms with Crippen molar-refractivity contribution in [3.8, 4) is 0 Å². The number of alkyl carbamates (subject to hydrolysis) is 1. The summed E-state index contributed by atoms with van der Waals surface area (Å²) in [5, 5.41) is 5.70. The third-order valence-electron chi connectivity index (χ3n) is 2.54. The van der Waals surface area contributed by atoms with E-state index in [0.717, 1.165) is 24.5 Å². The Morgan fingerprint density at radius 2 is 2.31 bits per heavy atom. The number of cyclic esters (lactones) is 1. The van der Waals surface area contributed by atoms with Crippen molar-refractivity contribution in [3.05, 3.63) is 23.7 Å². The SMILES string of the molecule is CNCc1ccc(CC2CNC(=O)OC2)o1. The Balaban J connectivity index is 1.86. The Kier molecular flexibility index (Phi) is 3.46. The molecule has 1 unspecified atom stereocenters. The minimum absolute atomic E-state index is 0.297. The van der Waals surface area contributed by atoms with Crippen molar-refractivity contribution in [2.75, 3.05) is 20.2 Å². The van der Waals surface area contributed by atoms with E-state index in [2.05, 4.69) is 10.6 Å². The van der Waals surface area contributed by atoms with Crippen molar-refractivity contribution in [1.29, 1.82) is 0 Å². The average molecular weight is 224 g/mol. The largest absolute Gasteiger partial charge is 0.465 e. The van der Waals surface area contributed by atoms with E-state index in [4.69, 9.17) is 9.15 Å². The molecular weight excluding hydrogens is 208 g/mol. The summed E-state index contributed by atoms with van der Waals surface area (Å²) in [6.07, 6.45) is 0.468. The van der Waals surface area contributed by atoms with Gasteiger partial charge in [-0.05, 0) is 19.2 Å². The van der Waals surface area contributed by atoms with Crippen LogP contribution >= 0.6 is 0 Å². The Morgan fingerprint density at radius 1 is 1.50 bits per heavy atom. The zero-order valence-corrected chi connectivity index (χ0v) is 9.29. The minimum Gasteiger partial charge on any atom is -0.465 e. The molecule has 5 heteroatoms. The molecular formula is C11H16N2O3. The van der Waals surface area contributed by atoms with E-state index >= 15 is 0 Å². The second-order valence-corrected chi connectivity index (χ2v) is 3.95. The fourth-order valence-corrected chi connectivity index (χ4v) is 1.75. The first-order chi connectivity index (χ1) is 7.78. The topological polar surface area (TPSA) is 63.5 Å². The summed E-state index contributed by atoms with van der Waals surface area (Å²) in [6, 6.07) is 3.94. The summed E-state index contributed by atoms with van der Waals surface area (Å²) >= 11 is 0. The molecule has 0 aromatic carbocycles. The fourth-order valence-electron chi connectivity index (χ4n) is 1.75. The summed E-state index contributed by atoms with van der Waals surface area (Å²) in [5.74, 6) is 2.17. The molecule has 0 aliphatic carbocycles. The standard InChI is InChI=1S/C11H16N2O3/c1-12-6-10-3-2-9(16-10)4-8-5-13-11(14)15-7-8/h2-3,8,12H,4-7H2,1H3,(H,13,14). The third-order valence-corrected chi connectivity index (χ3v) is 2.54. The number of furan rings is 1. The summed E-state index contributed by atoms with van der Waals surface area (Å²) in [6.45, 7) is 1.85. The lowest BCUT2D eigenvalue weighted by Crippen LogP contribution is -2.39. The van der Waals surface area contributed by atoms with Gasteiger partial charge in [0, 0.05) is 18.9 Å². The van der Waals surface area contributed by atoms with E-state index in [0.29, 0.717) is 19.1 Å². The molecule has 1 amide bonds. The third kappa shape index (κ3) is 2.76. The van der Waals surface area contributed by atoms with Gasteiger partial charge in [-0.2, -0.15) is 0 Å². The van der Waals surface area contributed by atoms with Gasteiger partial charge in [0.15, 0.2) is 0 Å². The highest BCUT2D eigenvalue weighted by Gasteiger charge is 2.20. The Bertz CT molecular complexity index is 352. The monoisotopic (exact) mass is 224 g/mol. The Labute approximate surface area is 94.1 Å². The molecule has 0 bridgehead atoms. The molecule has 2 rings (SSSR count). The van der Waals surface area contributed by atoms with Gasteiger partial charge in [-0.1, -0.05) is 0 Å². The van der Waals surface area contributed by atoms with E-state index < -0.39 is 0 Å². The molecule has 0 spiro atoms. The first kappa shape index (κ1) is 11.0. The van der Waals surface area contributed by atoms with Gasteiger partial charge in [0.25, 0.3) is 0 Å². The molecule has 1 atom stereocenters. The van der Waals surface area contributed by atoms with Crippen LogP contribution in [0.3, 0.4) is 0 Å². The summed E-state index contributed by atoms with van der Waals surface area (Å²) < 4.78 is 10.5. The number of hydrogen-bond acceptors (Lipinski definition) is 4. The van der Waals surface area contributed by atoms with Crippen LogP contribution in [0.5, 0.6) is 0 Å². The van der Waals surface area contributed by atoms with Gasteiger partial charge < -0.3 is 19.8 Å². The molecule has 1 aliphatic rings. The lowest BCUT2D eigenvalue weighted by molar-refractivity contribution is 0.101. The quantitative estimate of drug-likeness (QED) is 0.797. The number of rotatable bonds is 4. The van der Waals surface area contributed by atoms with Gasteiger partial charge in [-0.3, -0.25) is 0 Å². The van der Waals surface area contributed by atoms with Crippen LogP contribution in [0.25, 0.3) is 0 Å². The van der Waals surface area contributed by atoms with Crippen LogP contribution in [-0.2, 0) is 17.7 Å². The molecule has 2 N–H and O–H groups in total. The molecule has 1 aromatic heterocycles. The average Bonchev–Trinajstić information content (AvgIpc) is 2.70. The highest BCUT2D eigenvalue weighted by molar-refractivity contribution is 5.67. The highest BCUT2D eigenvalue weighted by Crippen LogP contribution is 2.14. The summed E-state index contributed by atoms with van der Waals surface area (Å²) in [4.78, 5) is 10.8. The Morgan fingerprint density at radius 3 is 3.00 bits per heavy atom. The van der Waals surface area contributed by atoms with Crippen molar-refractivity contribution in [2.45, 2.75) is 13.0 Å². The van der Waals surface area contributed by atoms with E-state index in [9.17, 15) is 4.79 Å². The maximum absolute atomic E-state index is 10.8. The number of nitrogens with one attached hydrogen (secondary N) is 2. The number of amides is 1. The molecule has 0 saturated carbocycles. The van der Waals surface area contributed by atoms with Gasteiger partial charge in [0.2, 0.25) is 0 Å². The van der Waals surface area contributed by atoms with Crippen LogP contribution in [0, 0.1) is 5.92 Å². The smallest absolute Gasteiger partial charge is 0.407 e. The summed E-state index contributed by atoms with van der Waals surface area (Å²) in [7, 11) is 1.88. The fraction of sp³-hybridized carbons (Fsp3) is 0.545. The van der Waals surface area contributed by atoms with Gasteiger partial charge in [-0.15, -0.1) is 0 Å². The van der Waals surface area contributed by atoms with Crippen molar-refractivity contribution in [3.63, 3.8) is 0 Å². The molecule has 1 saturated heterocycles. The first-order valence-electron chi connectivity index (χ1n) is 5.40. The first-order valence-corrected chi connectivity index (χ1v) is 5.40. The molecule has 1 fully saturated rings. The maximum atomic E-state index is 10.8. The van der Waals surface area contributed by atoms with Gasteiger partial charge >= 0.3 is 6.09 Å². The van der Waals surface area contributed by atoms with Gasteiger partial charge in [0.05, 0.1) is 13.2 Å². The molecule has 1 aromatic rings. The maximum Gasteiger partial charge on any atom is 0.407 e. The van der Waals surface area contributed by atoms with Crippen LogP contribution < -0.4 is 10.6 Å². The zero-order chi connectivity index (χ0) is 11.4. The lowest BCUT2D eigenvalue weighted by atomic mass is 10.0. The number of carbonyl (C=O) groups is 1. The predicted octanol–water partition coefficient (Wildman–Crippen LogP) is 0.897. The van der Waals surface area contributed by atoms with E-state index in [1.54, 1.807) is 0 Å². The number of carbonyl (C=O) groups excluding carboxylic acids is 1. The second kappa shape index (κ2) is 5.03. The minimum atomic E-state index is -0.327. The zero-order valence-electron chi connectivity index (χ0n) is 9.29. The lowest BCUT2D eigenvalue weighted by Gasteiger charge is -2.21. The van der Waals surface area contributed by atoms with Crippen molar-refractivity contribution in [2.24, 2.45) is 5.92 Å². The molecule has 16 heavy (non-hydrogen) atoms. The van der Waals surface area contributed by atoms with E-state index in [1.807, 2.05) is 19.2 Å². The van der Waals surface area contributed by atoms with Crippen LogP contribution in [0.4, 0.5) is 4.79 Å². The van der Waals surface area contributed by atoms with Crippen LogP contribution in [0.1, 0.15) is 11.5 Å². The van der Waals surface area contributed by atoms with Crippen molar-refractivity contribution < 1.29 is 13.9 Å². The highest BCUT2D eigenvalue weighted by atomic mass is 16.6. The Hall–Kier alpha value is -1.49. The van der Waals surface area contributed by atoms with Crippen molar-refractivity contribution >= 4 is 6.09 Å². The van der Waals surface area contributed by atoms with Crippen LogP contribution in [0.2, 0.25) is 0 Å². The molecule has 0 radical (unpaired) electrons. The normalized spacial score (nSPS) is 20.3. The molecule has 1 aliphatic heterocycles. The number of ether oxygens (including phenoxy) is 1. The van der Waals surface area contributed by atoms with E-state index in [1.165, 1.54) is 0 Å². The molecule has 2 heterocycles. The number of hydrogen-bond donors (Lipinski definition) is 2. The molecule has 5 nitrogen and oxygen atoms in total. The van der Waals surface area contributed by atoms with E-state index in [-0.39, 0.29) is 6.09 Å². The second-order valence-electron chi connectivity index (χ2n) is 3.95.